The number of nitrogens with zero attached hydrogens (tertiary/aromatic N) is 1. The predicted molar refractivity (Wildman–Crippen MR) is 82.0 cm³/mol. The van der Waals surface area contributed by atoms with Crippen molar-refractivity contribution in [3.63, 3.8) is 0 Å². The fourth-order valence-corrected chi connectivity index (χ4v) is 3.07. The van der Waals surface area contributed by atoms with Crippen LogP contribution in [0, 0.1) is 0 Å². The highest BCUT2D eigenvalue weighted by molar-refractivity contribution is 7.84. The molecule has 1 aromatic carbocycles. The van der Waals surface area contributed by atoms with Crippen molar-refractivity contribution in [2.45, 2.75) is 19.5 Å². The number of fused-ring (bicyclic) bond motifs is 1. The van der Waals surface area contributed by atoms with E-state index in [2.05, 4.69) is 10.3 Å². The van der Waals surface area contributed by atoms with Crippen LogP contribution in [-0.2, 0) is 17.3 Å². The van der Waals surface area contributed by atoms with Crippen LogP contribution in [0.3, 0.4) is 0 Å². The molecule has 0 aliphatic rings. The molecule has 0 saturated carbocycles. The standard InChI is InChI=1S/C14H17ClN2OS/c1-10(9-19(2)18)17-8-11-5-6-13(15)12-4-3-7-16-14(11)12/h3-7,10,17H,8-9H2,1-2H3. The fourth-order valence-electron chi connectivity index (χ4n) is 2.03. The van der Waals surface area contributed by atoms with Crippen molar-refractivity contribution in [1.82, 2.24) is 10.3 Å². The first kappa shape index (κ1) is 14.4. The maximum Gasteiger partial charge on any atom is 0.0761 e. The molecule has 2 rings (SSSR count). The van der Waals surface area contributed by atoms with Crippen LogP contribution < -0.4 is 5.32 Å². The molecule has 2 unspecified atom stereocenters. The summed E-state index contributed by atoms with van der Waals surface area (Å²) in [5, 5.41) is 5.05. The highest BCUT2D eigenvalue weighted by Crippen LogP contribution is 2.24. The summed E-state index contributed by atoms with van der Waals surface area (Å²) in [7, 11) is -0.784. The van der Waals surface area contributed by atoms with Gasteiger partial charge in [-0.1, -0.05) is 17.7 Å². The summed E-state index contributed by atoms with van der Waals surface area (Å²) in [5.74, 6) is 0.652. The number of halogens is 1. The van der Waals surface area contributed by atoms with E-state index >= 15 is 0 Å². The molecule has 3 nitrogen and oxygen atoms in total. The Morgan fingerprint density at radius 1 is 1.42 bits per heavy atom. The number of rotatable bonds is 5. The van der Waals surface area contributed by atoms with E-state index in [1.54, 1.807) is 12.5 Å². The van der Waals surface area contributed by atoms with Crippen LogP contribution in [-0.4, -0.2) is 27.2 Å². The van der Waals surface area contributed by atoms with E-state index in [0.717, 1.165) is 21.5 Å². The maximum atomic E-state index is 11.2. The molecule has 1 heterocycles. The summed E-state index contributed by atoms with van der Waals surface area (Å²) < 4.78 is 11.2. The van der Waals surface area contributed by atoms with Gasteiger partial charge in [-0.2, -0.15) is 0 Å². The maximum absolute atomic E-state index is 11.2. The molecule has 0 saturated heterocycles. The smallest absolute Gasteiger partial charge is 0.0761 e. The van der Waals surface area contributed by atoms with Crippen LogP contribution >= 0.6 is 11.6 Å². The monoisotopic (exact) mass is 296 g/mol. The highest BCUT2D eigenvalue weighted by atomic mass is 35.5. The van der Waals surface area contributed by atoms with Crippen LogP contribution in [0.25, 0.3) is 10.9 Å². The van der Waals surface area contributed by atoms with E-state index in [9.17, 15) is 4.21 Å². The van der Waals surface area contributed by atoms with Crippen LogP contribution in [0.5, 0.6) is 0 Å². The van der Waals surface area contributed by atoms with Gasteiger partial charge >= 0.3 is 0 Å². The van der Waals surface area contributed by atoms with E-state index in [1.165, 1.54) is 0 Å². The average molecular weight is 297 g/mol. The molecule has 19 heavy (non-hydrogen) atoms. The van der Waals surface area contributed by atoms with Gasteiger partial charge in [0.25, 0.3) is 0 Å². The Hall–Kier alpha value is -0.970. The van der Waals surface area contributed by atoms with Gasteiger partial charge in [-0.05, 0) is 30.7 Å². The van der Waals surface area contributed by atoms with Crippen molar-refractivity contribution >= 4 is 33.3 Å². The Kier molecular flexibility index (Phi) is 4.91. The second-order valence-corrected chi connectivity index (χ2v) is 6.51. The minimum atomic E-state index is -0.784. The molecule has 0 radical (unpaired) electrons. The van der Waals surface area contributed by atoms with E-state index < -0.39 is 10.8 Å². The Balaban J connectivity index is 2.17. The van der Waals surface area contributed by atoms with Crippen molar-refractivity contribution in [3.8, 4) is 0 Å². The average Bonchev–Trinajstić information content (AvgIpc) is 2.37. The first-order chi connectivity index (χ1) is 9.08. The lowest BCUT2D eigenvalue weighted by Gasteiger charge is -2.13. The summed E-state index contributed by atoms with van der Waals surface area (Å²) in [5.41, 5.74) is 2.03. The van der Waals surface area contributed by atoms with Gasteiger partial charge in [0.15, 0.2) is 0 Å². The summed E-state index contributed by atoms with van der Waals surface area (Å²) in [6, 6.07) is 7.94. The van der Waals surface area contributed by atoms with E-state index in [4.69, 9.17) is 11.6 Å². The summed E-state index contributed by atoms with van der Waals surface area (Å²) in [6.45, 7) is 2.73. The lowest BCUT2D eigenvalue weighted by Crippen LogP contribution is -2.30. The normalized spacial score (nSPS) is 14.5. The summed E-state index contributed by atoms with van der Waals surface area (Å²) in [6.07, 6.45) is 3.49. The van der Waals surface area contributed by atoms with Crippen molar-refractivity contribution in [3.05, 3.63) is 41.0 Å². The van der Waals surface area contributed by atoms with Gasteiger partial charge in [-0.15, -0.1) is 0 Å². The molecule has 0 aliphatic heterocycles. The second kappa shape index (κ2) is 6.46. The number of nitrogens with one attached hydrogen (secondary N) is 1. The molecule has 2 aromatic rings. The molecule has 0 bridgehead atoms. The molecule has 0 amide bonds. The number of hydrogen-bond donors (Lipinski definition) is 1. The molecular weight excluding hydrogens is 280 g/mol. The van der Waals surface area contributed by atoms with Crippen molar-refractivity contribution in [2.75, 3.05) is 12.0 Å². The molecule has 1 N–H and O–H groups in total. The number of pyridine rings is 1. The summed E-state index contributed by atoms with van der Waals surface area (Å²) in [4.78, 5) is 4.40. The molecule has 0 aliphatic carbocycles. The van der Waals surface area contributed by atoms with Gasteiger partial charge in [0.1, 0.15) is 0 Å². The van der Waals surface area contributed by atoms with Gasteiger partial charge in [-0.3, -0.25) is 9.19 Å². The van der Waals surface area contributed by atoms with Gasteiger partial charge < -0.3 is 5.32 Å². The Labute approximate surface area is 120 Å². The summed E-state index contributed by atoms with van der Waals surface area (Å²) >= 11 is 6.16. The third-order valence-electron chi connectivity index (χ3n) is 2.93. The first-order valence-corrected chi connectivity index (χ1v) is 8.24. The number of benzene rings is 1. The zero-order valence-corrected chi connectivity index (χ0v) is 12.6. The Bertz CT molecular complexity index is 603. The lowest BCUT2D eigenvalue weighted by atomic mass is 10.1. The zero-order chi connectivity index (χ0) is 13.8. The molecule has 0 spiro atoms. The minimum absolute atomic E-state index is 0.209. The third-order valence-corrected chi connectivity index (χ3v) is 4.22. The van der Waals surface area contributed by atoms with Gasteiger partial charge in [-0.25, -0.2) is 0 Å². The first-order valence-electron chi connectivity index (χ1n) is 6.13. The van der Waals surface area contributed by atoms with E-state index in [1.807, 2.05) is 31.2 Å². The third kappa shape index (κ3) is 3.75. The number of aromatic nitrogens is 1. The van der Waals surface area contributed by atoms with E-state index in [0.29, 0.717) is 12.3 Å². The van der Waals surface area contributed by atoms with Crippen LogP contribution in [0.4, 0.5) is 0 Å². The largest absolute Gasteiger partial charge is 0.309 e. The van der Waals surface area contributed by atoms with Gasteiger partial charge in [0, 0.05) is 52.0 Å². The fraction of sp³-hybridized carbons (Fsp3) is 0.357. The molecule has 0 fully saturated rings. The number of hydrogen-bond acceptors (Lipinski definition) is 3. The van der Waals surface area contributed by atoms with E-state index in [-0.39, 0.29) is 6.04 Å². The Morgan fingerprint density at radius 3 is 2.95 bits per heavy atom. The topological polar surface area (TPSA) is 42.0 Å². The molecule has 1 aromatic heterocycles. The van der Waals surface area contributed by atoms with Crippen LogP contribution in [0.15, 0.2) is 30.5 Å². The highest BCUT2D eigenvalue weighted by Gasteiger charge is 2.08. The second-order valence-electron chi connectivity index (χ2n) is 4.63. The van der Waals surface area contributed by atoms with Crippen LogP contribution in [0.2, 0.25) is 5.02 Å². The molecule has 2 atom stereocenters. The SMILES string of the molecule is CC(CS(C)=O)NCc1ccc(Cl)c2cccnc12. The van der Waals surface area contributed by atoms with Gasteiger partial charge in [0.2, 0.25) is 0 Å². The minimum Gasteiger partial charge on any atom is -0.309 e. The lowest BCUT2D eigenvalue weighted by molar-refractivity contribution is 0.588. The zero-order valence-electron chi connectivity index (χ0n) is 11.0. The van der Waals surface area contributed by atoms with Crippen molar-refractivity contribution < 1.29 is 4.21 Å². The van der Waals surface area contributed by atoms with Crippen molar-refractivity contribution in [2.24, 2.45) is 0 Å². The predicted octanol–water partition coefficient (Wildman–Crippen LogP) is 2.74. The van der Waals surface area contributed by atoms with Crippen molar-refractivity contribution in [1.29, 1.82) is 0 Å². The quantitative estimate of drug-likeness (QED) is 0.922. The molecule has 102 valence electrons. The van der Waals surface area contributed by atoms with Gasteiger partial charge in [0.05, 0.1) is 5.52 Å². The molecule has 5 heteroatoms. The van der Waals surface area contributed by atoms with Crippen LogP contribution in [0.1, 0.15) is 12.5 Å². The Morgan fingerprint density at radius 2 is 2.21 bits per heavy atom. The molecular formula is C14H17ClN2OS.